The molecule has 0 radical (unpaired) electrons. The van der Waals surface area contributed by atoms with Gasteiger partial charge in [-0.15, -0.1) is 22.9 Å². The molecule has 0 aromatic carbocycles. The van der Waals surface area contributed by atoms with E-state index in [0.29, 0.717) is 15.2 Å². The van der Waals surface area contributed by atoms with Gasteiger partial charge in [0, 0.05) is 16.3 Å². The second-order valence-corrected chi connectivity index (χ2v) is 4.79. The standard InChI is InChI=1S/C8H4Cl3NS/c9-2-4-1-6-5(3-12-4)7(10)8(11)13-6/h1,3H,2H2. The molecule has 13 heavy (non-hydrogen) atoms. The van der Waals surface area contributed by atoms with Gasteiger partial charge in [-0.3, -0.25) is 4.98 Å². The third-order valence-electron chi connectivity index (χ3n) is 1.67. The average Bonchev–Trinajstić information content (AvgIpc) is 2.42. The Labute approximate surface area is 94.2 Å². The Balaban J connectivity index is 2.73. The average molecular weight is 253 g/mol. The summed E-state index contributed by atoms with van der Waals surface area (Å²) < 4.78 is 1.63. The highest BCUT2D eigenvalue weighted by Gasteiger charge is 2.08. The summed E-state index contributed by atoms with van der Waals surface area (Å²) in [4.78, 5) is 4.13. The van der Waals surface area contributed by atoms with Crippen LogP contribution in [0.4, 0.5) is 0 Å². The van der Waals surface area contributed by atoms with Crippen LogP contribution in [-0.4, -0.2) is 4.98 Å². The largest absolute Gasteiger partial charge is 0.259 e. The lowest BCUT2D eigenvalue weighted by Crippen LogP contribution is -1.81. The van der Waals surface area contributed by atoms with E-state index in [0.717, 1.165) is 15.8 Å². The molecular formula is C8H4Cl3NS. The molecule has 0 bridgehead atoms. The van der Waals surface area contributed by atoms with Gasteiger partial charge in [0.05, 0.1) is 16.6 Å². The SMILES string of the molecule is ClCc1cc2sc(Cl)c(Cl)c2cn1. The fraction of sp³-hybridized carbons (Fsp3) is 0.125. The summed E-state index contributed by atoms with van der Waals surface area (Å²) >= 11 is 18.9. The highest BCUT2D eigenvalue weighted by atomic mass is 35.5. The molecule has 0 fully saturated rings. The first kappa shape index (κ1) is 9.53. The smallest absolute Gasteiger partial charge is 0.113 e. The van der Waals surface area contributed by atoms with Crippen molar-refractivity contribution in [2.24, 2.45) is 0 Å². The third-order valence-corrected chi connectivity index (χ3v) is 3.90. The molecule has 0 aliphatic rings. The zero-order valence-corrected chi connectivity index (χ0v) is 9.44. The van der Waals surface area contributed by atoms with E-state index in [1.807, 2.05) is 6.07 Å². The van der Waals surface area contributed by atoms with E-state index in [1.165, 1.54) is 11.3 Å². The van der Waals surface area contributed by atoms with Gasteiger partial charge in [0.25, 0.3) is 0 Å². The van der Waals surface area contributed by atoms with Gasteiger partial charge in [0.2, 0.25) is 0 Å². The fourth-order valence-corrected chi connectivity index (χ4v) is 2.72. The van der Waals surface area contributed by atoms with Crippen LogP contribution in [0.3, 0.4) is 0 Å². The molecule has 0 saturated carbocycles. The summed E-state index contributed by atoms with van der Waals surface area (Å²) in [5.41, 5.74) is 0.837. The zero-order valence-electron chi connectivity index (χ0n) is 6.35. The van der Waals surface area contributed by atoms with Crippen LogP contribution in [0, 0.1) is 0 Å². The van der Waals surface area contributed by atoms with Crippen molar-refractivity contribution in [3.05, 3.63) is 27.3 Å². The third kappa shape index (κ3) is 1.64. The number of thiophene rings is 1. The number of hydrogen-bond donors (Lipinski definition) is 0. The van der Waals surface area contributed by atoms with Crippen molar-refractivity contribution in [1.82, 2.24) is 4.98 Å². The number of rotatable bonds is 1. The van der Waals surface area contributed by atoms with E-state index < -0.39 is 0 Å². The lowest BCUT2D eigenvalue weighted by atomic mass is 10.3. The van der Waals surface area contributed by atoms with Gasteiger partial charge in [0.1, 0.15) is 4.34 Å². The van der Waals surface area contributed by atoms with Crippen molar-refractivity contribution in [1.29, 1.82) is 0 Å². The van der Waals surface area contributed by atoms with Gasteiger partial charge in [-0.2, -0.15) is 0 Å². The quantitative estimate of drug-likeness (QED) is 0.688. The number of hydrogen-bond acceptors (Lipinski definition) is 2. The van der Waals surface area contributed by atoms with Crippen molar-refractivity contribution >= 4 is 56.2 Å². The molecule has 0 aliphatic carbocycles. The summed E-state index contributed by atoms with van der Waals surface area (Å²) in [5.74, 6) is 0.406. The summed E-state index contributed by atoms with van der Waals surface area (Å²) in [6, 6.07) is 1.91. The predicted molar refractivity (Wildman–Crippen MR) is 59.2 cm³/mol. The van der Waals surface area contributed by atoms with Crippen molar-refractivity contribution < 1.29 is 0 Å². The molecule has 2 aromatic heterocycles. The number of nitrogens with zero attached hydrogens (tertiary/aromatic N) is 1. The second-order valence-electron chi connectivity index (χ2n) is 2.50. The molecule has 0 N–H and O–H groups in total. The Morgan fingerprint density at radius 2 is 2.15 bits per heavy atom. The Morgan fingerprint density at radius 1 is 1.38 bits per heavy atom. The molecule has 5 heteroatoms. The van der Waals surface area contributed by atoms with E-state index in [9.17, 15) is 0 Å². The van der Waals surface area contributed by atoms with E-state index >= 15 is 0 Å². The first-order valence-electron chi connectivity index (χ1n) is 3.50. The number of pyridine rings is 1. The second kappa shape index (κ2) is 3.62. The minimum Gasteiger partial charge on any atom is -0.259 e. The molecule has 0 saturated heterocycles. The Kier molecular flexibility index (Phi) is 2.65. The van der Waals surface area contributed by atoms with Crippen LogP contribution in [0.15, 0.2) is 12.3 Å². The number of alkyl halides is 1. The number of fused-ring (bicyclic) bond motifs is 1. The van der Waals surface area contributed by atoms with Gasteiger partial charge in [-0.25, -0.2) is 0 Å². The topological polar surface area (TPSA) is 12.9 Å². The minimum atomic E-state index is 0.406. The molecular weight excluding hydrogens is 249 g/mol. The van der Waals surface area contributed by atoms with Crippen molar-refractivity contribution in [2.45, 2.75) is 5.88 Å². The van der Waals surface area contributed by atoms with Crippen LogP contribution in [0.2, 0.25) is 9.36 Å². The molecule has 68 valence electrons. The van der Waals surface area contributed by atoms with Gasteiger partial charge in [-0.05, 0) is 6.07 Å². The van der Waals surface area contributed by atoms with E-state index in [1.54, 1.807) is 6.20 Å². The Morgan fingerprint density at radius 3 is 2.85 bits per heavy atom. The van der Waals surface area contributed by atoms with E-state index in [-0.39, 0.29) is 0 Å². The monoisotopic (exact) mass is 251 g/mol. The molecule has 2 rings (SSSR count). The van der Waals surface area contributed by atoms with Crippen LogP contribution >= 0.6 is 46.1 Å². The first-order valence-corrected chi connectivity index (χ1v) is 5.61. The highest BCUT2D eigenvalue weighted by Crippen LogP contribution is 2.38. The van der Waals surface area contributed by atoms with Crippen LogP contribution < -0.4 is 0 Å². The maximum absolute atomic E-state index is 5.94. The van der Waals surface area contributed by atoms with E-state index in [4.69, 9.17) is 34.8 Å². The van der Waals surface area contributed by atoms with E-state index in [2.05, 4.69) is 4.98 Å². The van der Waals surface area contributed by atoms with Crippen LogP contribution in [0.5, 0.6) is 0 Å². The summed E-state index contributed by atoms with van der Waals surface area (Å²) in [5, 5.41) is 1.47. The van der Waals surface area contributed by atoms with Gasteiger partial charge >= 0.3 is 0 Å². The molecule has 2 aromatic rings. The van der Waals surface area contributed by atoms with Crippen LogP contribution in [0.1, 0.15) is 5.69 Å². The maximum Gasteiger partial charge on any atom is 0.113 e. The van der Waals surface area contributed by atoms with Gasteiger partial charge in [0.15, 0.2) is 0 Å². The normalized spacial score (nSPS) is 11.0. The molecule has 0 atom stereocenters. The Bertz CT molecular complexity index is 452. The van der Waals surface area contributed by atoms with Crippen LogP contribution in [0.25, 0.3) is 10.1 Å². The lowest BCUT2D eigenvalue weighted by Gasteiger charge is -1.93. The molecule has 2 heterocycles. The van der Waals surface area contributed by atoms with Gasteiger partial charge < -0.3 is 0 Å². The summed E-state index contributed by atoms with van der Waals surface area (Å²) in [6.07, 6.45) is 1.71. The van der Waals surface area contributed by atoms with Crippen molar-refractivity contribution in [2.75, 3.05) is 0 Å². The lowest BCUT2D eigenvalue weighted by molar-refractivity contribution is 1.19. The first-order chi connectivity index (χ1) is 6.22. The summed E-state index contributed by atoms with van der Waals surface area (Å²) in [7, 11) is 0. The molecule has 0 aliphatic heterocycles. The fourth-order valence-electron chi connectivity index (χ4n) is 1.05. The van der Waals surface area contributed by atoms with Crippen LogP contribution in [-0.2, 0) is 5.88 Å². The zero-order chi connectivity index (χ0) is 9.42. The molecule has 0 unspecified atom stereocenters. The minimum absolute atomic E-state index is 0.406. The predicted octanol–water partition coefficient (Wildman–Crippen LogP) is 4.34. The van der Waals surface area contributed by atoms with Crippen molar-refractivity contribution in [3.8, 4) is 0 Å². The highest BCUT2D eigenvalue weighted by molar-refractivity contribution is 7.23. The number of aromatic nitrogens is 1. The maximum atomic E-state index is 5.94. The summed E-state index contributed by atoms with van der Waals surface area (Å²) in [6.45, 7) is 0. The molecule has 0 spiro atoms. The molecule has 0 amide bonds. The Hall–Kier alpha value is -0.0200. The number of halogens is 3. The van der Waals surface area contributed by atoms with Crippen molar-refractivity contribution in [3.63, 3.8) is 0 Å². The van der Waals surface area contributed by atoms with Gasteiger partial charge in [-0.1, -0.05) is 23.2 Å². The molecule has 1 nitrogen and oxygen atoms in total.